The molecule has 0 spiro atoms. The van der Waals surface area contributed by atoms with E-state index in [1.807, 2.05) is 11.8 Å². The van der Waals surface area contributed by atoms with Crippen molar-refractivity contribution in [2.75, 3.05) is 5.75 Å². The first-order chi connectivity index (χ1) is 7.66. The largest absolute Gasteiger partial charge is 0.481 e. The van der Waals surface area contributed by atoms with Gasteiger partial charge in [-0.05, 0) is 12.8 Å². The van der Waals surface area contributed by atoms with Crippen molar-refractivity contribution in [2.45, 2.75) is 43.0 Å². The zero-order valence-corrected chi connectivity index (χ0v) is 11.3. The topological polar surface area (TPSA) is 78.4 Å². The van der Waals surface area contributed by atoms with Crippen LogP contribution in [0.2, 0.25) is 0 Å². The van der Waals surface area contributed by atoms with E-state index in [1.54, 1.807) is 0 Å². The molecule has 2 aliphatic rings. The maximum Gasteiger partial charge on any atom is 0.315 e. The number of unbranched alkanes of at least 4 members (excludes halogenated alkanes) is 1. The molecule has 0 aromatic carbocycles. The molecule has 2 rings (SSSR count). The van der Waals surface area contributed by atoms with Crippen molar-refractivity contribution in [2.24, 2.45) is 0 Å². The lowest BCUT2D eigenvalue weighted by atomic mass is 10.0. The van der Waals surface area contributed by atoms with E-state index in [-0.39, 0.29) is 38.0 Å². The summed E-state index contributed by atoms with van der Waals surface area (Å²) in [5.41, 5.74) is 0. The van der Waals surface area contributed by atoms with Gasteiger partial charge in [-0.15, -0.1) is 0 Å². The quantitative estimate of drug-likeness (QED) is 0.516. The maximum absolute atomic E-state index is 11.1. The monoisotopic (exact) mass is 278 g/mol. The number of aliphatic carboxylic acids is 1. The minimum atomic E-state index is -0.729. The number of carboxylic acids is 1. The van der Waals surface area contributed by atoms with Gasteiger partial charge in [0, 0.05) is 17.4 Å². The number of fused-ring (bicyclic) bond motifs is 1. The maximum atomic E-state index is 11.1. The summed E-state index contributed by atoms with van der Waals surface area (Å²) < 4.78 is 0. The van der Waals surface area contributed by atoms with Crippen molar-refractivity contribution in [3.8, 4) is 0 Å². The lowest BCUT2D eigenvalue weighted by Crippen LogP contribution is -2.36. The first kappa shape index (κ1) is 14.5. The highest BCUT2D eigenvalue weighted by atomic mass is 32.2. The molecule has 3 N–H and O–H groups in total. The standard InChI is InChI=1S/C10H16N2O3S.H2S/c13-8(14)4-2-1-3-7-9-6(5-16-7)11-10(15)12-9;/h6-7,9H,1-5H2,(H,13,14)(H2,11,12,15);1H2/t6-,7-,9-;/m0./s1. The molecular weight excluding hydrogens is 260 g/mol. The number of hydrogen-bond donors (Lipinski definition) is 3. The van der Waals surface area contributed by atoms with Crippen molar-refractivity contribution in [3.05, 3.63) is 0 Å². The Bertz CT molecular complexity index is 301. The third kappa shape index (κ3) is 3.70. The molecule has 0 aliphatic carbocycles. The Labute approximate surface area is 112 Å². The predicted molar refractivity (Wildman–Crippen MR) is 72.0 cm³/mol. The number of carbonyl (C=O) groups excluding carboxylic acids is 1. The highest BCUT2D eigenvalue weighted by Crippen LogP contribution is 2.33. The van der Waals surface area contributed by atoms with Gasteiger partial charge in [0.15, 0.2) is 0 Å². The zero-order valence-electron chi connectivity index (χ0n) is 9.44. The van der Waals surface area contributed by atoms with Crippen molar-refractivity contribution in [1.29, 1.82) is 0 Å². The molecular formula is C10H18N2O3S2. The number of carbonyl (C=O) groups is 2. The number of carboxylic acid groups (broad SMARTS) is 1. The number of urea groups is 1. The fraction of sp³-hybridized carbons (Fsp3) is 0.800. The average molecular weight is 278 g/mol. The van der Waals surface area contributed by atoms with Gasteiger partial charge in [0.25, 0.3) is 0 Å². The Morgan fingerprint density at radius 1 is 1.41 bits per heavy atom. The van der Waals surface area contributed by atoms with Gasteiger partial charge >= 0.3 is 12.0 Å². The van der Waals surface area contributed by atoms with Crippen LogP contribution in [0, 0.1) is 0 Å². The van der Waals surface area contributed by atoms with Gasteiger partial charge in [-0.2, -0.15) is 25.3 Å². The molecule has 17 heavy (non-hydrogen) atoms. The normalized spacial score (nSPS) is 30.1. The summed E-state index contributed by atoms with van der Waals surface area (Å²) in [6.07, 6.45) is 2.88. The molecule has 98 valence electrons. The number of amides is 2. The van der Waals surface area contributed by atoms with Crippen molar-refractivity contribution >= 4 is 37.3 Å². The minimum absolute atomic E-state index is 0. The van der Waals surface area contributed by atoms with Crippen molar-refractivity contribution in [3.63, 3.8) is 0 Å². The first-order valence-corrected chi connectivity index (χ1v) is 6.62. The fourth-order valence-electron chi connectivity index (χ4n) is 2.26. The summed E-state index contributed by atoms with van der Waals surface area (Å²) in [5.74, 6) is 0.236. The van der Waals surface area contributed by atoms with Crippen LogP contribution in [0.3, 0.4) is 0 Å². The molecule has 0 saturated carbocycles. The number of rotatable bonds is 5. The summed E-state index contributed by atoms with van der Waals surface area (Å²) in [5, 5.41) is 14.8. The van der Waals surface area contributed by atoms with E-state index >= 15 is 0 Å². The highest BCUT2D eigenvalue weighted by Gasteiger charge is 2.42. The van der Waals surface area contributed by atoms with Gasteiger partial charge in [0.1, 0.15) is 0 Å². The smallest absolute Gasteiger partial charge is 0.315 e. The van der Waals surface area contributed by atoms with Gasteiger partial charge in [-0.25, -0.2) is 4.79 Å². The van der Waals surface area contributed by atoms with Crippen LogP contribution >= 0.6 is 25.3 Å². The number of nitrogens with one attached hydrogen (secondary N) is 2. The Balaban J connectivity index is 0.00000144. The van der Waals surface area contributed by atoms with Crippen LogP contribution in [0.15, 0.2) is 0 Å². The molecule has 0 bridgehead atoms. The number of hydrogen-bond acceptors (Lipinski definition) is 3. The van der Waals surface area contributed by atoms with Crippen molar-refractivity contribution in [1.82, 2.24) is 10.6 Å². The highest BCUT2D eigenvalue weighted by molar-refractivity contribution is 8.00. The van der Waals surface area contributed by atoms with E-state index in [9.17, 15) is 9.59 Å². The molecule has 7 heteroatoms. The fourth-order valence-corrected chi connectivity index (χ4v) is 3.81. The van der Waals surface area contributed by atoms with Crippen LogP contribution in [0.1, 0.15) is 25.7 Å². The molecule has 2 fully saturated rings. The van der Waals surface area contributed by atoms with E-state index in [0.717, 1.165) is 25.0 Å². The third-order valence-electron chi connectivity index (χ3n) is 3.07. The molecule has 0 unspecified atom stereocenters. The Hall–Kier alpha value is -0.560. The van der Waals surface area contributed by atoms with E-state index in [2.05, 4.69) is 10.6 Å². The Morgan fingerprint density at radius 3 is 2.88 bits per heavy atom. The summed E-state index contributed by atoms with van der Waals surface area (Å²) in [6.45, 7) is 0. The zero-order chi connectivity index (χ0) is 11.5. The van der Waals surface area contributed by atoms with E-state index in [4.69, 9.17) is 5.11 Å². The molecule has 2 amide bonds. The summed E-state index contributed by atoms with van der Waals surface area (Å²) in [4.78, 5) is 21.5. The number of thioether (sulfide) groups is 1. The SMILES string of the molecule is O=C(O)CCCC[C@@H]1SC[C@@H]2NC(=O)N[C@@H]21.S. The molecule has 0 aromatic heterocycles. The summed E-state index contributed by atoms with van der Waals surface area (Å²) >= 11 is 1.87. The Morgan fingerprint density at radius 2 is 2.18 bits per heavy atom. The first-order valence-electron chi connectivity index (χ1n) is 5.57. The summed E-state index contributed by atoms with van der Waals surface area (Å²) in [6, 6.07) is 0.440. The van der Waals surface area contributed by atoms with E-state index in [0.29, 0.717) is 5.25 Å². The van der Waals surface area contributed by atoms with Crippen LogP contribution in [-0.4, -0.2) is 40.2 Å². The molecule has 0 radical (unpaired) electrons. The summed E-state index contributed by atoms with van der Waals surface area (Å²) in [7, 11) is 0. The molecule has 2 aliphatic heterocycles. The molecule has 3 atom stereocenters. The second-order valence-corrected chi connectivity index (χ2v) is 5.53. The molecule has 2 saturated heterocycles. The molecule has 5 nitrogen and oxygen atoms in total. The minimum Gasteiger partial charge on any atom is -0.481 e. The third-order valence-corrected chi connectivity index (χ3v) is 4.58. The molecule has 2 heterocycles. The lowest BCUT2D eigenvalue weighted by molar-refractivity contribution is -0.137. The van der Waals surface area contributed by atoms with Gasteiger partial charge < -0.3 is 15.7 Å². The predicted octanol–water partition coefficient (Wildman–Crippen LogP) is 0.910. The van der Waals surface area contributed by atoms with Crippen LogP contribution in [0.4, 0.5) is 4.79 Å². The Kier molecular flexibility index (Phi) is 5.45. The van der Waals surface area contributed by atoms with Crippen LogP contribution in [0.25, 0.3) is 0 Å². The van der Waals surface area contributed by atoms with Crippen molar-refractivity contribution < 1.29 is 14.7 Å². The van der Waals surface area contributed by atoms with Gasteiger partial charge in [-0.1, -0.05) is 6.42 Å². The van der Waals surface area contributed by atoms with Gasteiger partial charge in [0.05, 0.1) is 12.1 Å². The van der Waals surface area contributed by atoms with Gasteiger partial charge in [0.2, 0.25) is 0 Å². The van der Waals surface area contributed by atoms with Gasteiger partial charge in [-0.3, -0.25) is 4.79 Å². The van der Waals surface area contributed by atoms with E-state index < -0.39 is 5.97 Å². The van der Waals surface area contributed by atoms with Crippen LogP contribution in [-0.2, 0) is 4.79 Å². The molecule has 0 aromatic rings. The van der Waals surface area contributed by atoms with Crippen LogP contribution in [0.5, 0.6) is 0 Å². The second kappa shape index (κ2) is 6.39. The van der Waals surface area contributed by atoms with E-state index in [1.165, 1.54) is 0 Å². The second-order valence-electron chi connectivity index (χ2n) is 4.26. The van der Waals surface area contributed by atoms with Crippen LogP contribution < -0.4 is 10.6 Å². The average Bonchev–Trinajstić information content (AvgIpc) is 2.72. The lowest BCUT2D eigenvalue weighted by Gasteiger charge is -2.16.